The normalized spacial score (nSPS) is 13.8. The molecule has 0 heterocycles. The topological polar surface area (TPSA) is 49.7 Å². The van der Waals surface area contributed by atoms with E-state index in [1.54, 1.807) is 25.1 Å². The molecule has 0 spiro atoms. The Morgan fingerprint density at radius 2 is 1.85 bits per heavy atom. The van der Waals surface area contributed by atoms with E-state index in [2.05, 4.69) is 0 Å². The molecule has 0 bridgehead atoms. The maximum atomic E-state index is 10.5. The third-order valence-corrected chi connectivity index (χ3v) is 3.33. The Kier molecular flexibility index (Phi) is 4.65. The van der Waals surface area contributed by atoms with E-state index >= 15 is 0 Å². The monoisotopic (exact) mass is 292 g/mol. The zero-order chi connectivity index (χ0) is 14.6. The van der Waals surface area contributed by atoms with E-state index in [4.69, 9.17) is 16.3 Å². The first-order valence-corrected chi connectivity index (χ1v) is 6.71. The Bertz CT molecular complexity index is 567. The van der Waals surface area contributed by atoms with Crippen LogP contribution in [-0.4, -0.2) is 16.8 Å². The van der Waals surface area contributed by atoms with Gasteiger partial charge in [0.15, 0.2) is 0 Å². The molecule has 0 aliphatic rings. The molecular formula is C16H17ClO3. The summed E-state index contributed by atoms with van der Waals surface area (Å²) in [5.74, 6) is 0.521. The van der Waals surface area contributed by atoms with Crippen LogP contribution < -0.4 is 4.74 Å². The summed E-state index contributed by atoms with van der Waals surface area (Å²) < 4.78 is 5.63. The van der Waals surface area contributed by atoms with Gasteiger partial charge in [-0.3, -0.25) is 0 Å². The van der Waals surface area contributed by atoms with Gasteiger partial charge in [0.1, 0.15) is 18.0 Å². The smallest absolute Gasteiger partial charge is 0.125 e. The van der Waals surface area contributed by atoms with Crippen molar-refractivity contribution in [3.63, 3.8) is 0 Å². The van der Waals surface area contributed by atoms with Crippen molar-refractivity contribution in [2.24, 2.45) is 0 Å². The minimum absolute atomic E-state index is 0.0889. The SMILES string of the molecule is CC(O)(COc1ccc(Cl)cc1CO)c1ccccc1. The fourth-order valence-electron chi connectivity index (χ4n) is 1.91. The number of rotatable bonds is 5. The number of aliphatic hydroxyl groups is 2. The fourth-order valence-corrected chi connectivity index (χ4v) is 2.11. The van der Waals surface area contributed by atoms with Gasteiger partial charge >= 0.3 is 0 Å². The zero-order valence-electron chi connectivity index (χ0n) is 11.2. The minimum atomic E-state index is -1.10. The lowest BCUT2D eigenvalue weighted by molar-refractivity contribution is 0.00695. The van der Waals surface area contributed by atoms with Crippen LogP contribution in [0, 0.1) is 0 Å². The molecule has 2 aromatic rings. The molecule has 4 heteroatoms. The van der Waals surface area contributed by atoms with Gasteiger partial charge in [-0.2, -0.15) is 0 Å². The van der Waals surface area contributed by atoms with Crippen molar-refractivity contribution < 1.29 is 14.9 Å². The first kappa shape index (κ1) is 14.9. The maximum Gasteiger partial charge on any atom is 0.125 e. The molecule has 0 amide bonds. The Hall–Kier alpha value is -1.55. The van der Waals surface area contributed by atoms with Crippen molar-refractivity contribution in [1.29, 1.82) is 0 Å². The van der Waals surface area contributed by atoms with Gasteiger partial charge in [-0.1, -0.05) is 41.9 Å². The van der Waals surface area contributed by atoms with Crippen LogP contribution >= 0.6 is 11.6 Å². The van der Waals surface area contributed by atoms with E-state index in [9.17, 15) is 10.2 Å². The van der Waals surface area contributed by atoms with E-state index in [1.165, 1.54) is 0 Å². The van der Waals surface area contributed by atoms with Crippen molar-refractivity contribution in [3.8, 4) is 5.75 Å². The summed E-state index contributed by atoms with van der Waals surface area (Å²) in [6.45, 7) is 1.62. The molecule has 0 radical (unpaired) electrons. The molecular weight excluding hydrogens is 276 g/mol. The number of aliphatic hydroxyl groups excluding tert-OH is 1. The van der Waals surface area contributed by atoms with Crippen LogP contribution in [0.15, 0.2) is 48.5 Å². The van der Waals surface area contributed by atoms with Gasteiger partial charge in [0.25, 0.3) is 0 Å². The van der Waals surface area contributed by atoms with Crippen LogP contribution in [0.4, 0.5) is 0 Å². The summed E-state index contributed by atoms with van der Waals surface area (Å²) in [5.41, 5.74) is 0.272. The summed E-state index contributed by atoms with van der Waals surface area (Å²) in [5, 5.41) is 20.3. The predicted octanol–water partition coefficient (Wildman–Crippen LogP) is 3.12. The standard InChI is InChI=1S/C16H17ClO3/c1-16(19,13-5-3-2-4-6-13)11-20-15-8-7-14(17)9-12(15)10-18/h2-9,18-19H,10-11H2,1H3. The number of hydrogen-bond donors (Lipinski definition) is 2. The quantitative estimate of drug-likeness (QED) is 0.890. The summed E-state index contributed by atoms with van der Waals surface area (Å²) in [6, 6.07) is 14.3. The van der Waals surface area contributed by atoms with Crippen molar-refractivity contribution >= 4 is 11.6 Å². The molecule has 0 saturated carbocycles. The third kappa shape index (κ3) is 3.51. The summed E-state index contributed by atoms with van der Waals surface area (Å²) in [6.07, 6.45) is 0. The lowest BCUT2D eigenvalue weighted by Gasteiger charge is -2.24. The van der Waals surface area contributed by atoms with E-state index in [1.807, 2.05) is 30.3 Å². The van der Waals surface area contributed by atoms with Gasteiger partial charge in [-0.05, 0) is 30.7 Å². The van der Waals surface area contributed by atoms with Crippen LogP contribution in [0.3, 0.4) is 0 Å². The number of benzene rings is 2. The number of ether oxygens (including phenoxy) is 1. The van der Waals surface area contributed by atoms with Crippen molar-refractivity contribution in [3.05, 3.63) is 64.7 Å². The Balaban J connectivity index is 2.12. The van der Waals surface area contributed by atoms with Gasteiger partial charge < -0.3 is 14.9 Å². The van der Waals surface area contributed by atoms with Crippen molar-refractivity contribution in [2.75, 3.05) is 6.61 Å². The molecule has 20 heavy (non-hydrogen) atoms. The minimum Gasteiger partial charge on any atom is -0.490 e. The second kappa shape index (κ2) is 6.27. The van der Waals surface area contributed by atoms with E-state index in [0.717, 1.165) is 5.56 Å². The Labute approximate surface area is 123 Å². The molecule has 0 aliphatic heterocycles. The number of halogens is 1. The zero-order valence-corrected chi connectivity index (χ0v) is 12.0. The lowest BCUT2D eigenvalue weighted by atomic mass is 9.97. The van der Waals surface area contributed by atoms with Gasteiger partial charge in [0.2, 0.25) is 0 Å². The maximum absolute atomic E-state index is 10.5. The number of hydrogen-bond acceptors (Lipinski definition) is 3. The molecule has 0 aliphatic carbocycles. The molecule has 3 nitrogen and oxygen atoms in total. The summed E-state index contributed by atoms with van der Waals surface area (Å²) in [7, 11) is 0. The highest BCUT2D eigenvalue weighted by atomic mass is 35.5. The van der Waals surface area contributed by atoms with Gasteiger partial charge in [0, 0.05) is 10.6 Å². The van der Waals surface area contributed by atoms with Crippen LogP contribution in [0.5, 0.6) is 5.75 Å². The molecule has 106 valence electrons. The van der Waals surface area contributed by atoms with Crippen LogP contribution in [0.2, 0.25) is 5.02 Å². The largest absolute Gasteiger partial charge is 0.490 e. The summed E-state index contributed by atoms with van der Waals surface area (Å²) >= 11 is 5.87. The molecule has 0 aromatic heterocycles. The first-order chi connectivity index (χ1) is 9.53. The lowest BCUT2D eigenvalue weighted by Crippen LogP contribution is -2.29. The third-order valence-electron chi connectivity index (χ3n) is 3.10. The highest BCUT2D eigenvalue weighted by Gasteiger charge is 2.24. The molecule has 1 unspecified atom stereocenters. The van der Waals surface area contributed by atoms with E-state index in [-0.39, 0.29) is 13.2 Å². The first-order valence-electron chi connectivity index (χ1n) is 6.33. The Morgan fingerprint density at radius 3 is 2.50 bits per heavy atom. The highest BCUT2D eigenvalue weighted by molar-refractivity contribution is 6.30. The molecule has 2 rings (SSSR count). The fraction of sp³-hybridized carbons (Fsp3) is 0.250. The average Bonchev–Trinajstić information content (AvgIpc) is 2.46. The van der Waals surface area contributed by atoms with Crippen LogP contribution in [0.25, 0.3) is 0 Å². The second-order valence-corrected chi connectivity index (χ2v) is 5.28. The highest BCUT2D eigenvalue weighted by Crippen LogP contribution is 2.26. The van der Waals surface area contributed by atoms with Crippen LogP contribution in [0.1, 0.15) is 18.1 Å². The Morgan fingerprint density at radius 1 is 1.15 bits per heavy atom. The van der Waals surface area contributed by atoms with Crippen molar-refractivity contribution in [1.82, 2.24) is 0 Å². The van der Waals surface area contributed by atoms with Gasteiger partial charge in [-0.25, -0.2) is 0 Å². The van der Waals surface area contributed by atoms with Crippen LogP contribution in [-0.2, 0) is 12.2 Å². The summed E-state index contributed by atoms with van der Waals surface area (Å²) in [4.78, 5) is 0. The van der Waals surface area contributed by atoms with Gasteiger partial charge in [0.05, 0.1) is 6.61 Å². The predicted molar refractivity (Wildman–Crippen MR) is 78.9 cm³/mol. The molecule has 0 saturated heterocycles. The molecule has 2 aromatic carbocycles. The van der Waals surface area contributed by atoms with Crippen molar-refractivity contribution in [2.45, 2.75) is 19.1 Å². The average molecular weight is 293 g/mol. The van der Waals surface area contributed by atoms with E-state index in [0.29, 0.717) is 16.3 Å². The van der Waals surface area contributed by atoms with Gasteiger partial charge in [-0.15, -0.1) is 0 Å². The van der Waals surface area contributed by atoms with E-state index < -0.39 is 5.60 Å². The molecule has 0 fully saturated rings. The molecule has 2 N–H and O–H groups in total. The molecule has 1 atom stereocenters. The second-order valence-electron chi connectivity index (χ2n) is 4.84.